The third-order valence-corrected chi connectivity index (χ3v) is 3.42. The van der Waals surface area contributed by atoms with Crippen LogP contribution < -0.4 is 5.73 Å². The Hall–Kier alpha value is -1.81. The van der Waals surface area contributed by atoms with Gasteiger partial charge in [0.2, 0.25) is 5.91 Å². The Morgan fingerprint density at radius 3 is 2.68 bits per heavy atom. The van der Waals surface area contributed by atoms with E-state index in [2.05, 4.69) is 11.5 Å². The second kappa shape index (κ2) is 6.38. The monoisotopic (exact) mass is 259 g/mol. The molecule has 0 unspecified atom stereocenters. The number of benzene rings is 1. The Bertz CT molecular complexity index is 450. The van der Waals surface area contributed by atoms with E-state index in [1.54, 1.807) is 0 Å². The van der Waals surface area contributed by atoms with Crippen LogP contribution in [-0.2, 0) is 11.2 Å². The molecule has 0 saturated carbocycles. The predicted octanol–water partition coefficient (Wildman–Crippen LogP) is 1.14. The average Bonchev–Trinajstić information content (AvgIpc) is 2.40. The normalized spacial score (nSPS) is 16.3. The number of carbonyl (C=O) groups is 1. The Balaban J connectivity index is 1.86. The van der Waals surface area contributed by atoms with Gasteiger partial charge < -0.3 is 10.6 Å². The summed E-state index contributed by atoms with van der Waals surface area (Å²) in [6, 6.07) is 7.54. The van der Waals surface area contributed by atoms with Crippen molar-refractivity contribution < 1.29 is 4.79 Å². The fraction of sp³-hybridized carbons (Fsp3) is 0.400. The lowest BCUT2D eigenvalue weighted by Gasteiger charge is -2.34. The fourth-order valence-electron chi connectivity index (χ4n) is 2.35. The van der Waals surface area contributed by atoms with Crippen molar-refractivity contribution in [2.24, 2.45) is 0 Å². The molecule has 1 heterocycles. The van der Waals surface area contributed by atoms with E-state index in [1.807, 2.05) is 35.2 Å². The van der Waals surface area contributed by atoms with Gasteiger partial charge in [0.1, 0.15) is 0 Å². The lowest BCUT2D eigenvalue weighted by Crippen LogP contribution is -2.49. The summed E-state index contributed by atoms with van der Waals surface area (Å²) in [7, 11) is 0. The Labute approximate surface area is 114 Å². The quantitative estimate of drug-likeness (QED) is 0.651. The van der Waals surface area contributed by atoms with Crippen molar-refractivity contribution in [1.29, 1.82) is 0 Å². The number of carbonyl (C=O) groups excluding carboxylic acids is 1. The third kappa shape index (κ3) is 3.83. The first-order valence-corrected chi connectivity index (χ1v) is 6.64. The molecular formula is C15H21N3O. The largest absolute Gasteiger partial charge is 0.399 e. The van der Waals surface area contributed by atoms with Gasteiger partial charge in [-0.1, -0.05) is 18.2 Å². The highest BCUT2D eigenvalue weighted by atomic mass is 16.2. The predicted molar refractivity (Wildman–Crippen MR) is 77.8 cm³/mol. The van der Waals surface area contributed by atoms with Crippen LogP contribution in [0.3, 0.4) is 0 Å². The minimum Gasteiger partial charge on any atom is -0.399 e. The topological polar surface area (TPSA) is 49.6 Å². The van der Waals surface area contributed by atoms with E-state index in [4.69, 9.17) is 5.73 Å². The lowest BCUT2D eigenvalue weighted by atomic mass is 10.1. The molecule has 1 amide bonds. The van der Waals surface area contributed by atoms with Gasteiger partial charge >= 0.3 is 0 Å². The molecule has 0 atom stereocenters. The number of anilines is 1. The molecule has 1 aromatic rings. The molecule has 2 N–H and O–H groups in total. The Morgan fingerprint density at radius 2 is 2.05 bits per heavy atom. The molecule has 0 spiro atoms. The summed E-state index contributed by atoms with van der Waals surface area (Å²) in [5, 5.41) is 0. The van der Waals surface area contributed by atoms with Gasteiger partial charge in [0.25, 0.3) is 0 Å². The van der Waals surface area contributed by atoms with E-state index in [0.29, 0.717) is 12.1 Å². The standard InChI is InChI=1S/C15H21N3O/c1-2-6-17-7-9-18(10-8-17)15(19)12-13-4-3-5-14(16)11-13/h2-5,11H,1,6-10,12,16H2. The zero-order valence-electron chi connectivity index (χ0n) is 11.2. The number of rotatable bonds is 4. The van der Waals surface area contributed by atoms with E-state index in [-0.39, 0.29) is 5.91 Å². The summed E-state index contributed by atoms with van der Waals surface area (Å²) in [4.78, 5) is 16.4. The Morgan fingerprint density at radius 1 is 1.32 bits per heavy atom. The first kappa shape index (κ1) is 13.6. The molecule has 102 valence electrons. The van der Waals surface area contributed by atoms with Crippen molar-refractivity contribution >= 4 is 11.6 Å². The summed E-state index contributed by atoms with van der Waals surface area (Å²) in [5.41, 5.74) is 7.42. The van der Waals surface area contributed by atoms with Gasteiger partial charge in [-0.15, -0.1) is 6.58 Å². The Kier molecular flexibility index (Phi) is 4.58. The molecule has 0 aromatic heterocycles. The highest BCUT2D eigenvalue weighted by Gasteiger charge is 2.20. The average molecular weight is 259 g/mol. The second-order valence-corrected chi connectivity index (χ2v) is 4.89. The molecular weight excluding hydrogens is 238 g/mol. The zero-order chi connectivity index (χ0) is 13.7. The van der Waals surface area contributed by atoms with Crippen LogP contribution in [0.1, 0.15) is 5.56 Å². The van der Waals surface area contributed by atoms with Gasteiger partial charge in [-0.05, 0) is 17.7 Å². The second-order valence-electron chi connectivity index (χ2n) is 4.89. The number of nitrogens with two attached hydrogens (primary N) is 1. The molecule has 1 saturated heterocycles. The van der Waals surface area contributed by atoms with Gasteiger partial charge in [-0.3, -0.25) is 9.69 Å². The smallest absolute Gasteiger partial charge is 0.227 e. The van der Waals surface area contributed by atoms with Crippen LogP contribution in [0.4, 0.5) is 5.69 Å². The highest BCUT2D eigenvalue weighted by molar-refractivity contribution is 5.79. The minimum atomic E-state index is 0.184. The van der Waals surface area contributed by atoms with Gasteiger partial charge in [-0.25, -0.2) is 0 Å². The van der Waals surface area contributed by atoms with E-state index < -0.39 is 0 Å². The minimum absolute atomic E-state index is 0.184. The van der Waals surface area contributed by atoms with Crippen LogP contribution >= 0.6 is 0 Å². The summed E-state index contributed by atoms with van der Waals surface area (Å²) < 4.78 is 0. The van der Waals surface area contributed by atoms with Crippen molar-refractivity contribution in [3.63, 3.8) is 0 Å². The molecule has 0 radical (unpaired) electrons. The SMILES string of the molecule is C=CCN1CCN(C(=O)Cc2cccc(N)c2)CC1. The maximum Gasteiger partial charge on any atom is 0.227 e. The number of amides is 1. The van der Waals surface area contributed by atoms with Crippen LogP contribution in [0.5, 0.6) is 0 Å². The number of hydrogen-bond donors (Lipinski definition) is 1. The van der Waals surface area contributed by atoms with Crippen molar-refractivity contribution in [2.45, 2.75) is 6.42 Å². The van der Waals surface area contributed by atoms with Crippen LogP contribution in [0.2, 0.25) is 0 Å². The number of hydrogen-bond acceptors (Lipinski definition) is 3. The fourth-order valence-corrected chi connectivity index (χ4v) is 2.35. The number of nitrogens with zero attached hydrogens (tertiary/aromatic N) is 2. The van der Waals surface area contributed by atoms with E-state index in [9.17, 15) is 4.79 Å². The van der Waals surface area contributed by atoms with Gasteiger partial charge in [-0.2, -0.15) is 0 Å². The van der Waals surface area contributed by atoms with Gasteiger partial charge in [0.05, 0.1) is 6.42 Å². The van der Waals surface area contributed by atoms with E-state index in [0.717, 1.165) is 38.3 Å². The lowest BCUT2D eigenvalue weighted by molar-refractivity contribution is -0.132. The van der Waals surface area contributed by atoms with Crippen molar-refractivity contribution in [3.8, 4) is 0 Å². The van der Waals surface area contributed by atoms with E-state index >= 15 is 0 Å². The molecule has 1 aromatic carbocycles. The molecule has 19 heavy (non-hydrogen) atoms. The van der Waals surface area contributed by atoms with Crippen LogP contribution in [0.25, 0.3) is 0 Å². The molecule has 0 bridgehead atoms. The molecule has 1 aliphatic rings. The highest BCUT2D eigenvalue weighted by Crippen LogP contribution is 2.10. The zero-order valence-corrected chi connectivity index (χ0v) is 11.2. The van der Waals surface area contributed by atoms with Crippen LogP contribution in [0.15, 0.2) is 36.9 Å². The summed E-state index contributed by atoms with van der Waals surface area (Å²) >= 11 is 0. The summed E-state index contributed by atoms with van der Waals surface area (Å²) in [5.74, 6) is 0.184. The van der Waals surface area contributed by atoms with Crippen molar-refractivity contribution in [3.05, 3.63) is 42.5 Å². The maximum atomic E-state index is 12.2. The van der Waals surface area contributed by atoms with Crippen molar-refractivity contribution in [2.75, 3.05) is 38.5 Å². The molecule has 4 nitrogen and oxygen atoms in total. The molecule has 1 fully saturated rings. The summed E-state index contributed by atoms with van der Waals surface area (Å²) in [6.45, 7) is 8.09. The molecule has 2 rings (SSSR count). The third-order valence-electron chi connectivity index (χ3n) is 3.42. The number of piperazine rings is 1. The maximum absolute atomic E-state index is 12.2. The molecule has 1 aliphatic heterocycles. The molecule has 0 aliphatic carbocycles. The van der Waals surface area contributed by atoms with E-state index in [1.165, 1.54) is 0 Å². The van der Waals surface area contributed by atoms with Gasteiger partial charge in [0, 0.05) is 38.4 Å². The van der Waals surface area contributed by atoms with Crippen molar-refractivity contribution in [1.82, 2.24) is 9.80 Å². The molecule has 4 heteroatoms. The first-order valence-electron chi connectivity index (χ1n) is 6.64. The summed E-state index contributed by atoms with van der Waals surface area (Å²) in [6.07, 6.45) is 2.34. The first-order chi connectivity index (χ1) is 9.19. The van der Waals surface area contributed by atoms with Crippen LogP contribution in [-0.4, -0.2) is 48.4 Å². The van der Waals surface area contributed by atoms with Gasteiger partial charge in [0.15, 0.2) is 0 Å². The number of nitrogen functional groups attached to an aromatic ring is 1. The van der Waals surface area contributed by atoms with Crippen LogP contribution in [0, 0.1) is 0 Å².